The second-order valence-corrected chi connectivity index (χ2v) is 8.22. The Bertz CT molecular complexity index is 978. The molecule has 1 aliphatic heterocycles. The van der Waals surface area contributed by atoms with Crippen molar-refractivity contribution in [3.63, 3.8) is 0 Å². The molecule has 0 aliphatic carbocycles. The van der Waals surface area contributed by atoms with Crippen molar-refractivity contribution in [1.29, 1.82) is 0 Å². The molecule has 0 fully saturated rings. The molecular weight excluding hydrogens is 366 g/mol. The summed E-state index contributed by atoms with van der Waals surface area (Å²) in [4.78, 5) is 16.4. The molecule has 28 heavy (non-hydrogen) atoms. The molecule has 0 unspecified atom stereocenters. The zero-order valence-corrected chi connectivity index (χ0v) is 17.2. The lowest BCUT2D eigenvalue weighted by Crippen LogP contribution is -2.44. The number of nitrogens with zero attached hydrogens (tertiary/aromatic N) is 2. The summed E-state index contributed by atoms with van der Waals surface area (Å²) in [5.74, 6) is 0. The first kappa shape index (κ1) is 18.7. The van der Waals surface area contributed by atoms with Gasteiger partial charge in [-0.15, -0.1) is 11.8 Å². The molecule has 0 bridgehead atoms. The number of nitrogens with one attached hydrogen (secondary N) is 1. The van der Waals surface area contributed by atoms with Crippen molar-refractivity contribution in [2.45, 2.75) is 37.4 Å². The highest BCUT2D eigenvalue weighted by Crippen LogP contribution is 2.37. The maximum absolute atomic E-state index is 13.2. The molecule has 1 N–H and O–H groups in total. The third kappa shape index (κ3) is 3.42. The molecule has 0 saturated carbocycles. The van der Waals surface area contributed by atoms with E-state index < -0.39 is 0 Å². The Morgan fingerprint density at radius 2 is 1.82 bits per heavy atom. The number of rotatable bonds is 3. The molecule has 0 spiro atoms. The van der Waals surface area contributed by atoms with Gasteiger partial charge in [0.05, 0.1) is 18.3 Å². The van der Waals surface area contributed by atoms with E-state index in [0.717, 1.165) is 22.5 Å². The molecule has 3 aromatic rings. The van der Waals surface area contributed by atoms with Crippen LogP contribution in [-0.2, 0) is 6.54 Å². The fourth-order valence-corrected chi connectivity index (χ4v) is 4.21. The maximum atomic E-state index is 13.2. The van der Waals surface area contributed by atoms with E-state index in [9.17, 15) is 4.79 Å². The van der Waals surface area contributed by atoms with Gasteiger partial charge in [-0.2, -0.15) is 0 Å². The fourth-order valence-electron chi connectivity index (χ4n) is 3.81. The maximum Gasteiger partial charge on any atom is 0.318 e. The summed E-state index contributed by atoms with van der Waals surface area (Å²) < 4.78 is 2.21. The molecule has 2 aromatic carbocycles. The summed E-state index contributed by atoms with van der Waals surface area (Å²) in [5.41, 5.74) is 4.49. The van der Waals surface area contributed by atoms with Crippen LogP contribution in [0.4, 0.5) is 4.79 Å². The highest BCUT2D eigenvalue weighted by Gasteiger charge is 2.33. The van der Waals surface area contributed by atoms with Crippen molar-refractivity contribution in [1.82, 2.24) is 14.8 Å². The minimum Gasteiger partial charge on any atom is -0.336 e. The molecule has 5 heteroatoms. The Hall–Kier alpha value is -2.66. The number of amides is 2. The van der Waals surface area contributed by atoms with Gasteiger partial charge in [0.2, 0.25) is 0 Å². The average molecular weight is 392 g/mol. The van der Waals surface area contributed by atoms with Gasteiger partial charge in [0.25, 0.3) is 0 Å². The van der Waals surface area contributed by atoms with Crippen molar-refractivity contribution in [2.75, 3.05) is 6.26 Å². The van der Waals surface area contributed by atoms with Gasteiger partial charge in [0, 0.05) is 22.8 Å². The fraction of sp³-hybridized carbons (Fsp3) is 0.261. The summed E-state index contributed by atoms with van der Waals surface area (Å²) in [6, 6.07) is 20.9. The van der Waals surface area contributed by atoms with Gasteiger partial charge < -0.3 is 14.8 Å². The average Bonchev–Trinajstić information content (AvgIpc) is 3.12. The van der Waals surface area contributed by atoms with Crippen LogP contribution < -0.4 is 5.32 Å². The first-order valence-electron chi connectivity index (χ1n) is 9.55. The van der Waals surface area contributed by atoms with Crippen LogP contribution in [0.1, 0.15) is 36.7 Å². The number of hydrogen-bond acceptors (Lipinski definition) is 2. The van der Waals surface area contributed by atoms with E-state index in [0.29, 0.717) is 6.54 Å². The van der Waals surface area contributed by atoms with Crippen LogP contribution in [0.3, 0.4) is 0 Å². The lowest BCUT2D eigenvalue weighted by molar-refractivity contribution is 0.178. The number of benzene rings is 2. The number of hydrogen-bond donors (Lipinski definition) is 1. The Balaban J connectivity index is 1.87. The number of carbonyl (C=O) groups excluding carboxylic acids is 1. The van der Waals surface area contributed by atoms with E-state index in [2.05, 4.69) is 76.9 Å². The first-order chi connectivity index (χ1) is 13.6. The SMILES string of the molecule is CSc1ccc([C@H]2c3cccn3-c3ccccc3CN2C(=O)NC(C)C)cc1. The van der Waals surface area contributed by atoms with Crippen molar-refractivity contribution >= 4 is 17.8 Å². The third-order valence-corrected chi connectivity index (χ3v) is 5.81. The number of thioether (sulfide) groups is 1. The molecular formula is C23H25N3OS. The van der Waals surface area contributed by atoms with Crippen LogP contribution in [0.15, 0.2) is 71.8 Å². The summed E-state index contributed by atoms with van der Waals surface area (Å²) in [6.07, 6.45) is 4.16. The number of fused-ring (bicyclic) bond motifs is 3. The number of aromatic nitrogens is 1. The van der Waals surface area contributed by atoms with E-state index in [-0.39, 0.29) is 18.1 Å². The molecule has 4 rings (SSSR count). The predicted octanol–water partition coefficient (Wildman–Crippen LogP) is 5.22. The summed E-state index contributed by atoms with van der Waals surface area (Å²) in [7, 11) is 0. The smallest absolute Gasteiger partial charge is 0.318 e. The van der Waals surface area contributed by atoms with E-state index in [4.69, 9.17) is 0 Å². The summed E-state index contributed by atoms with van der Waals surface area (Å²) in [6.45, 7) is 4.55. The van der Waals surface area contributed by atoms with Crippen LogP contribution in [0.25, 0.3) is 5.69 Å². The van der Waals surface area contributed by atoms with E-state index in [1.54, 1.807) is 11.8 Å². The van der Waals surface area contributed by atoms with Gasteiger partial charge in [-0.1, -0.05) is 30.3 Å². The lowest BCUT2D eigenvalue weighted by Gasteiger charge is -2.31. The monoisotopic (exact) mass is 391 g/mol. The van der Waals surface area contributed by atoms with Gasteiger partial charge in [-0.3, -0.25) is 0 Å². The molecule has 1 aromatic heterocycles. The minimum atomic E-state index is -0.156. The minimum absolute atomic E-state index is 0.0432. The number of urea groups is 1. The van der Waals surface area contributed by atoms with Crippen LogP contribution in [0.5, 0.6) is 0 Å². The summed E-state index contributed by atoms with van der Waals surface area (Å²) >= 11 is 1.72. The van der Waals surface area contributed by atoms with Gasteiger partial charge in [-0.25, -0.2) is 4.79 Å². The highest BCUT2D eigenvalue weighted by atomic mass is 32.2. The van der Waals surface area contributed by atoms with E-state index >= 15 is 0 Å². The second-order valence-electron chi connectivity index (χ2n) is 7.34. The zero-order chi connectivity index (χ0) is 19.7. The van der Waals surface area contributed by atoms with Crippen LogP contribution in [-0.4, -0.2) is 27.8 Å². The molecule has 4 nitrogen and oxygen atoms in total. The van der Waals surface area contributed by atoms with Gasteiger partial charge in [0.1, 0.15) is 0 Å². The molecule has 0 radical (unpaired) electrons. The standard InChI is InChI=1S/C23H25N3OS/c1-16(2)24-23(27)26-15-18-7-4-5-8-20(18)25-14-6-9-21(25)22(26)17-10-12-19(28-3)13-11-17/h4-14,16,22H,15H2,1-3H3,(H,24,27)/t22-/m0/s1. The van der Waals surface area contributed by atoms with Crippen molar-refractivity contribution in [3.05, 3.63) is 83.7 Å². The Kier molecular flexibility index (Phi) is 5.18. The lowest BCUT2D eigenvalue weighted by atomic mass is 10.0. The zero-order valence-electron chi connectivity index (χ0n) is 16.4. The molecule has 2 amide bonds. The van der Waals surface area contributed by atoms with Crippen molar-refractivity contribution in [3.8, 4) is 5.69 Å². The first-order valence-corrected chi connectivity index (χ1v) is 10.8. The Labute approximate surface area is 170 Å². The molecule has 1 aliphatic rings. The van der Waals surface area contributed by atoms with Crippen LogP contribution >= 0.6 is 11.8 Å². The van der Waals surface area contributed by atoms with Crippen molar-refractivity contribution < 1.29 is 4.79 Å². The Morgan fingerprint density at radius 3 is 2.54 bits per heavy atom. The second kappa shape index (κ2) is 7.76. The normalized spacial score (nSPS) is 15.7. The molecule has 2 heterocycles. The van der Waals surface area contributed by atoms with E-state index in [1.807, 2.05) is 24.8 Å². The van der Waals surface area contributed by atoms with Gasteiger partial charge in [0.15, 0.2) is 0 Å². The van der Waals surface area contributed by atoms with Gasteiger partial charge in [-0.05, 0) is 61.6 Å². The number of carbonyl (C=O) groups is 1. The van der Waals surface area contributed by atoms with Crippen LogP contribution in [0.2, 0.25) is 0 Å². The third-order valence-electron chi connectivity index (χ3n) is 5.07. The highest BCUT2D eigenvalue weighted by molar-refractivity contribution is 7.98. The van der Waals surface area contributed by atoms with Crippen molar-refractivity contribution in [2.24, 2.45) is 0 Å². The number of para-hydroxylation sites is 1. The van der Waals surface area contributed by atoms with E-state index in [1.165, 1.54) is 4.90 Å². The van der Waals surface area contributed by atoms with Gasteiger partial charge >= 0.3 is 6.03 Å². The quantitative estimate of drug-likeness (QED) is 0.621. The molecule has 144 valence electrons. The topological polar surface area (TPSA) is 37.3 Å². The predicted molar refractivity (Wildman–Crippen MR) is 115 cm³/mol. The largest absolute Gasteiger partial charge is 0.336 e. The molecule has 1 atom stereocenters. The van der Waals surface area contributed by atoms with Crippen LogP contribution in [0, 0.1) is 0 Å². The molecule has 0 saturated heterocycles. The summed E-state index contributed by atoms with van der Waals surface area (Å²) in [5, 5.41) is 3.09. The Morgan fingerprint density at radius 1 is 1.07 bits per heavy atom.